The summed E-state index contributed by atoms with van der Waals surface area (Å²) in [7, 11) is 2.14. The number of likely N-dealkylation sites (N-methyl/N-ethyl adjacent to an activating group) is 1. The van der Waals surface area contributed by atoms with Gasteiger partial charge in [0.05, 0.1) is 12.2 Å². The molecule has 1 heterocycles. The SMILES string of the molecule is CCNC(C)(C#N)CCCN(C)CC1CCCO1. The highest BCUT2D eigenvalue weighted by atomic mass is 16.5. The van der Waals surface area contributed by atoms with Gasteiger partial charge in [-0.25, -0.2) is 0 Å². The molecule has 4 heteroatoms. The van der Waals surface area contributed by atoms with Crippen LogP contribution in [0.2, 0.25) is 0 Å². The number of ether oxygens (including phenoxy) is 1. The number of hydrogen-bond donors (Lipinski definition) is 1. The van der Waals surface area contributed by atoms with E-state index in [0.29, 0.717) is 6.10 Å². The van der Waals surface area contributed by atoms with Crippen molar-refractivity contribution in [2.45, 2.75) is 51.2 Å². The molecule has 0 aliphatic carbocycles. The molecule has 0 aromatic heterocycles. The largest absolute Gasteiger partial charge is 0.377 e. The Morgan fingerprint density at radius 1 is 1.56 bits per heavy atom. The standard InChI is InChI=1S/C14H27N3O/c1-4-16-14(2,12-15)8-6-9-17(3)11-13-7-5-10-18-13/h13,16H,4-11H2,1-3H3. The van der Waals surface area contributed by atoms with Crippen LogP contribution in [0.4, 0.5) is 0 Å². The first-order chi connectivity index (χ1) is 8.59. The third kappa shape index (κ3) is 5.34. The van der Waals surface area contributed by atoms with E-state index in [9.17, 15) is 0 Å². The number of nitrogens with one attached hydrogen (secondary N) is 1. The van der Waals surface area contributed by atoms with Gasteiger partial charge in [0.15, 0.2) is 0 Å². The van der Waals surface area contributed by atoms with Crippen molar-refractivity contribution < 1.29 is 4.74 Å². The summed E-state index contributed by atoms with van der Waals surface area (Å²) in [6, 6.07) is 2.37. The second-order valence-electron chi connectivity index (χ2n) is 5.48. The molecule has 104 valence electrons. The molecule has 1 fully saturated rings. The van der Waals surface area contributed by atoms with Gasteiger partial charge >= 0.3 is 0 Å². The predicted octanol–water partition coefficient (Wildman–Crippen LogP) is 1.77. The molecule has 1 aliphatic heterocycles. The van der Waals surface area contributed by atoms with Gasteiger partial charge in [0.25, 0.3) is 0 Å². The van der Waals surface area contributed by atoms with Crippen molar-refractivity contribution >= 4 is 0 Å². The van der Waals surface area contributed by atoms with Crippen molar-refractivity contribution in [3.05, 3.63) is 0 Å². The summed E-state index contributed by atoms with van der Waals surface area (Å²) in [6.07, 6.45) is 4.75. The van der Waals surface area contributed by atoms with Gasteiger partial charge in [-0.15, -0.1) is 0 Å². The van der Waals surface area contributed by atoms with E-state index >= 15 is 0 Å². The molecule has 1 aliphatic rings. The maximum atomic E-state index is 9.17. The highest BCUT2D eigenvalue weighted by molar-refractivity contribution is 5.03. The lowest BCUT2D eigenvalue weighted by Crippen LogP contribution is -2.41. The van der Waals surface area contributed by atoms with Crippen LogP contribution in [0, 0.1) is 11.3 Å². The molecular formula is C14H27N3O. The Balaban J connectivity index is 2.17. The quantitative estimate of drug-likeness (QED) is 0.716. The molecule has 2 unspecified atom stereocenters. The molecular weight excluding hydrogens is 226 g/mol. The van der Waals surface area contributed by atoms with E-state index in [0.717, 1.165) is 39.1 Å². The molecule has 0 amide bonds. The summed E-state index contributed by atoms with van der Waals surface area (Å²) in [5.74, 6) is 0. The van der Waals surface area contributed by atoms with E-state index in [-0.39, 0.29) is 5.54 Å². The molecule has 0 spiro atoms. The minimum Gasteiger partial charge on any atom is -0.377 e. The molecule has 1 saturated heterocycles. The minimum atomic E-state index is -0.376. The summed E-state index contributed by atoms with van der Waals surface area (Å²) >= 11 is 0. The van der Waals surface area contributed by atoms with Gasteiger partial charge in [0.1, 0.15) is 5.54 Å². The molecule has 0 aromatic carbocycles. The molecule has 1 N–H and O–H groups in total. The van der Waals surface area contributed by atoms with E-state index in [1.54, 1.807) is 0 Å². The third-order valence-corrected chi connectivity index (χ3v) is 3.57. The Labute approximate surface area is 111 Å². The minimum absolute atomic E-state index is 0.376. The summed E-state index contributed by atoms with van der Waals surface area (Å²) < 4.78 is 5.62. The zero-order valence-electron chi connectivity index (χ0n) is 12.0. The third-order valence-electron chi connectivity index (χ3n) is 3.57. The Morgan fingerprint density at radius 2 is 2.33 bits per heavy atom. The van der Waals surface area contributed by atoms with Crippen LogP contribution >= 0.6 is 0 Å². The highest BCUT2D eigenvalue weighted by Crippen LogP contribution is 2.14. The van der Waals surface area contributed by atoms with Gasteiger partial charge in [-0.1, -0.05) is 6.92 Å². The van der Waals surface area contributed by atoms with E-state index < -0.39 is 0 Å². The van der Waals surface area contributed by atoms with E-state index in [4.69, 9.17) is 10.00 Å². The molecule has 4 nitrogen and oxygen atoms in total. The summed E-state index contributed by atoms with van der Waals surface area (Å²) in [5, 5.41) is 12.4. The molecule has 2 atom stereocenters. The number of rotatable bonds is 8. The molecule has 0 bridgehead atoms. The molecule has 0 aromatic rings. The topological polar surface area (TPSA) is 48.3 Å². The molecule has 0 radical (unpaired) electrons. The summed E-state index contributed by atoms with van der Waals surface area (Å²) in [4.78, 5) is 2.32. The monoisotopic (exact) mass is 253 g/mol. The number of hydrogen-bond acceptors (Lipinski definition) is 4. The van der Waals surface area contributed by atoms with E-state index in [1.807, 2.05) is 13.8 Å². The van der Waals surface area contributed by atoms with Crippen molar-refractivity contribution in [1.82, 2.24) is 10.2 Å². The van der Waals surface area contributed by atoms with Crippen LogP contribution in [-0.2, 0) is 4.74 Å². The van der Waals surface area contributed by atoms with Crippen LogP contribution in [0.15, 0.2) is 0 Å². The smallest absolute Gasteiger partial charge is 0.103 e. The lowest BCUT2D eigenvalue weighted by atomic mass is 9.97. The molecule has 18 heavy (non-hydrogen) atoms. The fraction of sp³-hybridized carbons (Fsp3) is 0.929. The van der Waals surface area contributed by atoms with Gasteiger partial charge in [-0.2, -0.15) is 5.26 Å². The summed E-state index contributed by atoms with van der Waals surface area (Å²) in [6.45, 7) is 7.84. The van der Waals surface area contributed by atoms with E-state index in [1.165, 1.54) is 12.8 Å². The van der Waals surface area contributed by atoms with Gasteiger partial charge in [-0.05, 0) is 52.7 Å². The summed E-state index contributed by atoms with van der Waals surface area (Å²) in [5.41, 5.74) is -0.376. The first-order valence-corrected chi connectivity index (χ1v) is 7.06. The maximum absolute atomic E-state index is 9.17. The van der Waals surface area contributed by atoms with Crippen LogP contribution in [0.25, 0.3) is 0 Å². The van der Waals surface area contributed by atoms with Crippen molar-refractivity contribution in [2.24, 2.45) is 0 Å². The fourth-order valence-corrected chi connectivity index (χ4v) is 2.50. The second kappa shape index (κ2) is 7.73. The average Bonchev–Trinajstić information content (AvgIpc) is 2.82. The molecule has 1 rings (SSSR count). The zero-order valence-corrected chi connectivity index (χ0v) is 12.0. The Bertz CT molecular complexity index is 271. The Morgan fingerprint density at radius 3 is 2.89 bits per heavy atom. The maximum Gasteiger partial charge on any atom is 0.103 e. The Hall–Kier alpha value is -0.630. The van der Waals surface area contributed by atoms with Crippen LogP contribution in [0.5, 0.6) is 0 Å². The second-order valence-corrected chi connectivity index (χ2v) is 5.48. The molecule has 0 saturated carbocycles. The van der Waals surface area contributed by atoms with Gasteiger partial charge < -0.3 is 9.64 Å². The van der Waals surface area contributed by atoms with Crippen molar-refractivity contribution in [1.29, 1.82) is 5.26 Å². The fourth-order valence-electron chi connectivity index (χ4n) is 2.50. The van der Waals surface area contributed by atoms with Crippen LogP contribution < -0.4 is 5.32 Å². The average molecular weight is 253 g/mol. The van der Waals surface area contributed by atoms with Crippen molar-refractivity contribution in [2.75, 3.05) is 33.3 Å². The van der Waals surface area contributed by atoms with Crippen molar-refractivity contribution in [3.8, 4) is 6.07 Å². The van der Waals surface area contributed by atoms with Gasteiger partial charge in [0.2, 0.25) is 0 Å². The van der Waals surface area contributed by atoms with Crippen LogP contribution in [0.3, 0.4) is 0 Å². The zero-order chi connectivity index (χ0) is 13.4. The first-order valence-electron chi connectivity index (χ1n) is 7.06. The number of nitrogens with zero attached hydrogens (tertiary/aromatic N) is 2. The Kier molecular flexibility index (Phi) is 6.62. The van der Waals surface area contributed by atoms with Crippen LogP contribution in [-0.4, -0.2) is 49.8 Å². The van der Waals surface area contributed by atoms with Gasteiger partial charge in [-0.3, -0.25) is 5.32 Å². The number of nitriles is 1. The lowest BCUT2D eigenvalue weighted by molar-refractivity contribution is 0.0804. The van der Waals surface area contributed by atoms with E-state index in [2.05, 4.69) is 23.3 Å². The van der Waals surface area contributed by atoms with Crippen LogP contribution in [0.1, 0.15) is 39.5 Å². The predicted molar refractivity (Wildman–Crippen MR) is 73.4 cm³/mol. The normalized spacial score (nSPS) is 22.9. The highest BCUT2D eigenvalue weighted by Gasteiger charge is 2.22. The lowest BCUT2D eigenvalue weighted by Gasteiger charge is -2.25. The van der Waals surface area contributed by atoms with Gasteiger partial charge in [0, 0.05) is 13.2 Å². The first kappa shape index (κ1) is 15.4. The van der Waals surface area contributed by atoms with Crippen molar-refractivity contribution in [3.63, 3.8) is 0 Å².